The number of urea groups is 1. The Kier molecular flexibility index (Phi) is 5.84. The lowest BCUT2D eigenvalue weighted by molar-refractivity contribution is 0.187. The number of aromatic amines is 1. The van der Waals surface area contributed by atoms with Gasteiger partial charge in [-0.3, -0.25) is 4.98 Å². The first-order chi connectivity index (χ1) is 14.2. The lowest BCUT2D eigenvalue weighted by Crippen LogP contribution is -2.40. The molecule has 0 bridgehead atoms. The molecule has 0 saturated carbocycles. The number of rotatable bonds is 7. The number of nitrogens with zero attached hydrogens (tertiary/aromatic N) is 2. The van der Waals surface area contributed by atoms with Gasteiger partial charge in [0.2, 0.25) is 0 Å². The minimum Gasteiger partial charge on any atom is -0.493 e. The summed E-state index contributed by atoms with van der Waals surface area (Å²) < 4.78 is 11.7. The van der Waals surface area contributed by atoms with E-state index in [0.717, 1.165) is 40.8 Å². The number of nitrogens with one attached hydrogen (secondary N) is 2. The van der Waals surface area contributed by atoms with Gasteiger partial charge in [0.15, 0.2) is 0 Å². The summed E-state index contributed by atoms with van der Waals surface area (Å²) in [5, 5.41) is 4.12. The molecule has 0 aliphatic carbocycles. The third-order valence-electron chi connectivity index (χ3n) is 5.09. The summed E-state index contributed by atoms with van der Waals surface area (Å²) in [5.74, 6) is 1.62. The van der Waals surface area contributed by atoms with Crippen LogP contribution in [-0.4, -0.2) is 53.2 Å². The molecule has 2 amide bonds. The van der Waals surface area contributed by atoms with Gasteiger partial charge in [-0.15, -0.1) is 0 Å². The number of carbonyl (C=O) groups is 1. The van der Waals surface area contributed by atoms with Crippen LogP contribution in [0.25, 0.3) is 10.9 Å². The van der Waals surface area contributed by atoms with Crippen LogP contribution >= 0.6 is 0 Å². The van der Waals surface area contributed by atoms with Crippen LogP contribution in [0.2, 0.25) is 0 Å². The average Bonchev–Trinajstić information content (AvgIpc) is 3.37. The fraction of sp³-hybridized carbons (Fsp3) is 0.364. The van der Waals surface area contributed by atoms with E-state index in [1.807, 2.05) is 48.4 Å². The summed E-state index contributed by atoms with van der Waals surface area (Å²) in [6.45, 7) is 4.45. The third kappa shape index (κ3) is 4.45. The van der Waals surface area contributed by atoms with Gasteiger partial charge in [0.05, 0.1) is 19.3 Å². The van der Waals surface area contributed by atoms with E-state index in [-0.39, 0.29) is 12.1 Å². The molecule has 1 saturated heterocycles. The van der Waals surface area contributed by atoms with E-state index in [2.05, 4.69) is 15.3 Å². The van der Waals surface area contributed by atoms with E-state index in [4.69, 9.17) is 9.47 Å². The maximum absolute atomic E-state index is 12.5. The van der Waals surface area contributed by atoms with Crippen LogP contribution in [0.1, 0.15) is 18.9 Å². The number of ether oxygens (including phenoxy) is 2. The van der Waals surface area contributed by atoms with Crippen molar-refractivity contribution in [3.8, 4) is 11.5 Å². The first kappa shape index (κ1) is 19.1. The van der Waals surface area contributed by atoms with Gasteiger partial charge in [-0.25, -0.2) is 4.79 Å². The van der Waals surface area contributed by atoms with Crippen molar-refractivity contribution < 1.29 is 14.3 Å². The van der Waals surface area contributed by atoms with Crippen molar-refractivity contribution in [2.75, 3.05) is 26.2 Å². The van der Waals surface area contributed by atoms with Gasteiger partial charge in [-0.2, -0.15) is 0 Å². The molecule has 0 radical (unpaired) electrons. The summed E-state index contributed by atoms with van der Waals surface area (Å²) in [4.78, 5) is 21.7. The second-order valence-corrected chi connectivity index (χ2v) is 7.07. The second-order valence-electron chi connectivity index (χ2n) is 7.07. The van der Waals surface area contributed by atoms with Crippen molar-refractivity contribution in [2.24, 2.45) is 0 Å². The molecule has 0 spiro atoms. The average molecular weight is 394 g/mol. The van der Waals surface area contributed by atoms with Crippen molar-refractivity contribution in [2.45, 2.75) is 25.9 Å². The monoisotopic (exact) mass is 394 g/mol. The number of carbonyl (C=O) groups excluding carboxylic acids is 1. The first-order valence-corrected chi connectivity index (χ1v) is 10.1. The van der Waals surface area contributed by atoms with Gasteiger partial charge < -0.3 is 24.7 Å². The lowest BCUT2D eigenvalue weighted by Gasteiger charge is -2.18. The maximum atomic E-state index is 12.5. The number of amides is 2. The van der Waals surface area contributed by atoms with E-state index in [0.29, 0.717) is 26.2 Å². The Morgan fingerprint density at radius 1 is 1.34 bits per heavy atom. The molecule has 1 fully saturated rings. The normalized spacial score (nSPS) is 16.2. The Morgan fingerprint density at radius 2 is 2.28 bits per heavy atom. The zero-order valence-corrected chi connectivity index (χ0v) is 16.6. The molecule has 1 aromatic carbocycles. The number of aromatic nitrogens is 2. The zero-order chi connectivity index (χ0) is 20.1. The molecule has 7 nitrogen and oxygen atoms in total. The quantitative estimate of drug-likeness (QED) is 0.644. The van der Waals surface area contributed by atoms with Crippen LogP contribution in [0.4, 0.5) is 4.79 Å². The van der Waals surface area contributed by atoms with Gasteiger partial charge >= 0.3 is 6.03 Å². The summed E-state index contributed by atoms with van der Waals surface area (Å²) in [5.41, 5.74) is 2.19. The molecule has 29 heavy (non-hydrogen) atoms. The largest absolute Gasteiger partial charge is 0.493 e. The Labute approximate surface area is 170 Å². The van der Waals surface area contributed by atoms with E-state index in [1.54, 1.807) is 12.4 Å². The maximum Gasteiger partial charge on any atom is 0.317 e. The third-order valence-corrected chi connectivity index (χ3v) is 5.09. The fourth-order valence-corrected chi connectivity index (χ4v) is 3.73. The summed E-state index contributed by atoms with van der Waals surface area (Å²) in [6.07, 6.45) is 6.97. The Morgan fingerprint density at radius 3 is 3.10 bits per heavy atom. The molecule has 1 aliphatic rings. The topological polar surface area (TPSA) is 79.5 Å². The van der Waals surface area contributed by atoms with Gasteiger partial charge in [0, 0.05) is 42.8 Å². The predicted octanol–water partition coefficient (Wildman–Crippen LogP) is 3.37. The van der Waals surface area contributed by atoms with E-state index in [1.165, 1.54) is 0 Å². The Bertz CT molecular complexity index is 957. The SMILES string of the molecule is CCOc1cccc2[nH]cc(CCNC(=O)N3CCC(Oc4cccnc4)C3)c12. The molecule has 1 atom stereocenters. The molecule has 152 valence electrons. The minimum absolute atomic E-state index is 0.00678. The molecular weight excluding hydrogens is 368 g/mol. The van der Waals surface area contributed by atoms with Gasteiger partial charge in [0.25, 0.3) is 0 Å². The highest BCUT2D eigenvalue weighted by atomic mass is 16.5. The Balaban J connectivity index is 1.29. The number of H-pyrrole nitrogens is 1. The number of hydrogen-bond acceptors (Lipinski definition) is 4. The lowest BCUT2D eigenvalue weighted by atomic mass is 10.1. The Hall–Kier alpha value is -3.22. The summed E-state index contributed by atoms with van der Waals surface area (Å²) in [6, 6.07) is 9.67. The fourth-order valence-electron chi connectivity index (χ4n) is 3.73. The number of pyridine rings is 1. The van der Waals surface area contributed by atoms with Crippen LogP contribution < -0.4 is 14.8 Å². The standard InChI is InChI=1S/C22H26N4O3/c1-2-28-20-7-3-6-19-21(20)16(13-25-19)8-11-24-22(27)26-12-9-18(15-26)29-17-5-4-10-23-14-17/h3-7,10,13-14,18,25H,2,8-9,11-12,15H2,1H3,(H,24,27). The van der Waals surface area contributed by atoms with Gasteiger partial charge in [-0.05, 0) is 43.2 Å². The molecule has 3 aromatic rings. The number of hydrogen-bond donors (Lipinski definition) is 2. The highest BCUT2D eigenvalue weighted by Gasteiger charge is 2.27. The highest BCUT2D eigenvalue weighted by Crippen LogP contribution is 2.29. The van der Waals surface area contributed by atoms with Crippen molar-refractivity contribution in [3.63, 3.8) is 0 Å². The van der Waals surface area contributed by atoms with Crippen LogP contribution in [-0.2, 0) is 6.42 Å². The first-order valence-electron chi connectivity index (χ1n) is 10.1. The molecule has 1 unspecified atom stereocenters. The van der Waals surface area contributed by atoms with Crippen LogP contribution in [0, 0.1) is 0 Å². The van der Waals surface area contributed by atoms with E-state index >= 15 is 0 Å². The van der Waals surface area contributed by atoms with Crippen LogP contribution in [0.5, 0.6) is 11.5 Å². The highest BCUT2D eigenvalue weighted by molar-refractivity contribution is 5.89. The van der Waals surface area contributed by atoms with Crippen molar-refractivity contribution in [1.82, 2.24) is 20.2 Å². The van der Waals surface area contributed by atoms with Crippen molar-refractivity contribution >= 4 is 16.9 Å². The zero-order valence-electron chi connectivity index (χ0n) is 16.6. The number of fused-ring (bicyclic) bond motifs is 1. The smallest absolute Gasteiger partial charge is 0.317 e. The molecule has 4 rings (SSSR count). The summed E-state index contributed by atoms with van der Waals surface area (Å²) in [7, 11) is 0. The van der Waals surface area contributed by atoms with Gasteiger partial charge in [0.1, 0.15) is 17.6 Å². The van der Waals surface area contributed by atoms with Gasteiger partial charge in [-0.1, -0.05) is 6.07 Å². The molecule has 2 aromatic heterocycles. The molecule has 2 N–H and O–H groups in total. The summed E-state index contributed by atoms with van der Waals surface area (Å²) >= 11 is 0. The van der Waals surface area contributed by atoms with Crippen molar-refractivity contribution in [3.05, 3.63) is 54.5 Å². The second kappa shape index (κ2) is 8.86. The van der Waals surface area contributed by atoms with E-state index < -0.39 is 0 Å². The van der Waals surface area contributed by atoms with Crippen LogP contribution in [0.3, 0.4) is 0 Å². The molecule has 7 heteroatoms. The molecular formula is C22H26N4O3. The number of benzene rings is 1. The number of likely N-dealkylation sites (tertiary alicyclic amines) is 1. The van der Waals surface area contributed by atoms with Crippen LogP contribution in [0.15, 0.2) is 48.9 Å². The predicted molar refractivity (Wildman–Crippen MR) is 111 cm³/mol. The van der Waals surface area contributed by atoms with Crippen molar-refractivity contribution in [1.29, 1.82) is 0 Å². The molecule has 1 aliphatic heterocycles. The minimum atomic E-state index is -0.0489. The van der Waals surface area contributed by atoms with E-state index in [9.17, 15) is 4.79 Å². The molecule has 3 heterocycles.